The molecule has 0 saturated carbocycles. The van der Waals surface area contributed by atoms with Gasteiger partial charge in [0.1, 0.15) is 0 Å². The fourth-order valence-corrected chi connectivity index (χ4v) is 5.52. The van der Waals surface area contributed by atoms with E-state index in [1.807, 2.05) is 0 Å². The lowest BCUT2D eigenvalue weighted by Crippen LogP contribution is -2.41. The van der Waals surface area contributed by atoms with Crippen LogP contribution in [0.5, 0.6) is 0 Å². The monoisotopic (exact) mass is 478 g/mol. The molecule has 3 rings (SSSR count). The van der Waals surface area contributed by atoms with Crippen LogP contribution in [0.1, 0.15) is 41.3 Å². The molecule has 2 aromatic rings. The van der Waals surface area contributed by atoms with Crippen molar-refractivity contribution in [3.63, 3.8) is 0 Å². The van der Waals surface area contributed by atoms with Crippen molar-refractivity contribution >= 4 is 39.2 Å². The number of nitrogens with one attached hydrogen (secondary N) is 1. The van der Waals surface area contributed by atoms with Crippen molar-refractivity contribution < 1.29 is 22.7 Å². The molecule has 1 amide bonds. The van der Waals surface area contributed by atoms with Gasteiger partial charge < -0.3 is 10.1 Å². The zero-order valence-electron chi connectivity index (χ0n) is 18.1. The Hall–Kier alpha value is -2.42. The Morgan fingerprint density at radius 3 is 2.50 bits per heavy atom. The molecule has 0 radical (unpaired) electrons. The summed E-state index contributed by atoms with van der Waals surface area (Å²) in [5, 5.41) is 3.38. The van der Waals surface area contributed by atoms with Gasteiger partial charge in [0.2, 0.25) is 15.9 Å². The zero-order chi connectivity index (χ0) is 23.3. The summed E-state index contributed by atoms with van der Waals surface area (Å²) in [7, 11) is -3.50. The molecule has 7 nitrogen and oxygen atoms in total. The molecule has 2 aromatic carbocycles. The summed E-state index contributed by atoms with van der Waals surface area (Å²) in [5.41, 5.74) is 2.23. The lowest BCUT2D eigenvalue weighted by Gasteiger charge is -2.30. The third kappa shape index (κ3) is 5.88. The minimum atomic E-state index is -3.50. The minimum Gasteiger partial charge on any atom is -0.462 e. The maximum absolute atomic E-state index is 12.8. The number of rotatable bonds is 7. The molecule has 0 aromatic heterocycles. The summed E-state index contributed by atoms with van der Waals surface area (Å²) in [6, 6.07) is 11.9. The lowest BCUT2D eigenvalue weighted by molar-refractivity contribution is -0.120. The zero-order valence-corrected chi connectivity index (χ0v) is 19.7. The van der Waals surface area contributed by atoms with E-state index in [9.17, 15) is 18.0 Å². The number of hydrogen-bond donors (Lipinski definition) is 1. The van der Waals surface area contributed by atoms with Crippen molar-refractivity contribution in [2.45, 2.75) is 32.4 Å². The minimum absolute atomic E-state index is 0.121. The second-order valence-electron chi connectivity index (χ2n) is 7.75. The van der Waals surface area contributed by atoms with Crippen LogP contribution in [-0.4, -0.2) is 44.3 Å². The molecule has 9 heteroatoms. The Morgan fingerprint density at radius 2 is 1.84 bits per heavy atom. The largest absolute Gasteiger partial charge is 0.462 e. The van der Waals surface area contributed by atoms with E-state index in [0.717, 1.165) is 0 Å². The van der Waals surface area contributed by atoms with E-state index in [-0.39, 0.29) is 37.3 Å². The molecule has 172 valence electrons. The van der Waals surface area contributed by atoms with Gasteiger partial charge in [0.25, 0.3) is 0 Å². The van der Waals surface area contributed by atoms with Gasteiger partial charge in [-0.05, 0) is 62.1 Å². The number of amides is 1. The number of benzene rings is 2. The number of hydrogen-bond acceptors (Lipinski definition) is 5. The van der Waals surface area contributed by atoms with Crippen LogP contribution in [0.15, 0.2) is 42.5 Å². The predicted molar refractivity (Wildman–Crippen MR) is 124 cm³/mol. The molecule has 0 spiro atoms. The van der Waals surface area contributed by atoms with E-state index >= 15 is 0 Å². The number of piperidine rings is 1. The van der Waals surface area contributed by atoms with Crippen LogP contribution in [0.4, 0.5) is 5.69 Å². The summed E-state index contributed by atoms with van der Waals surface area (Å²) < 4.78 is 32.0. The third-order valence-corrected chi connectivity index (χ3v) is 7.63. The fourth-order valence-electron chi connectivity index (χ4n) is 3.76. The van der Waals surface area contributed by atoms with E-state index in [0.29, 0.717) is 40.2 Å². The summed E-state index contributed by atoms with van der Waals surface area (Å²) in [4.78, 5) is 24.9. The van der Waals surface area contributed by atoms with E-state index in [1.165, 1.54) is 4.31 Å². The number of ether oxygens (including phenoxy) is 1. The highest BCUT2D eigenvalue weighted by Crippen LogP contribution is 2.25. The van der Waals surface area contributed by atoms with E-state index in [1.54, 1.807) is 56.3 Å². The summed E-state index contributed by atoms with van der Waals surface area (Å²) in [5.74, 6) is -1.04. The Kier molecular flexibility index (Phi) is 7.92. The summed E-state index contributed by atoms with van der Waals surface area (Å²) in [6.45, 7) is 4.33. The van der Waals surface area contributed by atoms with Crippen LogP contribution in [0.2, 0.25) is 5.02 Å². The Labute approximate surface area is 193 Å². The van der Waals surface area contributed by atoms with Crippen molar-refractivity contribution in [3.8, 4) is 0 Å². The standard InChI is InChI=1S/C23H27ClN2O5S/c1-3-31-23(28)20-8-5-9-21(16(20)2)25-22(27)18-10-12-26(13-11-18)32(29,30)15-17-6-4-7-19(24)14-17/h4-9,14,18H,3,10-13,15H2,1-2H3,(H,25,27). The van der Waals surface area contributed by atoms with Gasteiger partial charge in [-0.1, -0.05) is 29.8 Å². The van der Waals surface area contributed by atoms with Crippen LogP contribution in [0, 0.1) is 12.8 Å². The van der Waals surface area contributed by atoms with E-state index in [4.69, 9.17) is 16.3 Å². The molecule has 0 aliphatic carbocycles. The SMILES string of the molecule is CCOC(=O)c1cccc(NC(=O)C2CCN(S(=O)(=O)Cc3cccc(Cl)c3)CC2)c1C. The van der Waals surface area contributed by atoms with Gasteiger partial charge in [0.05, 0.1) is 17.9 Å². The molecule has 0 atom stereocenters. The molecular formula is C23H27ClN2O5S. The van der Waals surface area contributed by atoms with Gasteiger partial charge >= 0.3 is 5.97 Å². The number of halogens is 1. The fraction of sp³-hybridized carbons (Fsp3) is 0.391. The highest BCUT2D eigenvalue weighted by atomic mass is 35.5. The van der Waals surface area contributed by atoms with Gasteiger partial charge in [0.15, 0.2) is 0 Å². The number of sulfonamides is 1. The molecule has 1 aliphatic heterocycles. The van der Waals surface area contributed by atoms with Crippen LogP contribution in [-0.2, 0) is 25.3 Å². The van der Waals surface area contributed by atoms with Gasteiger partial charge in [0, 0.05) is 29.7 Å². The van der Waals surface area contributed by atoms with Crippen molar-refractivity contribution in [1.29, 1.82) is 0 Å². The molecular weight excluding hydrogens is 452 g/mol. The number of nitrogens with zero attached hydrogens (tertiary/aromatic N) is 1. The third-order valence-electron chi connectivity index (χ3n) is 5.54. The van der Waals surface area contributed by atoms with Crippen LogP contribution in [0.3, 0.4) is 0 Å². The first kappa shape index (κ1) is 24.2. The molecule has 1 N–H and O–H groups in total. The molecule has 32 heavy (non-hydrogen) atoms. The van der Waals surface area contributed by atoms with Gasteiger partial charge in [-0.3, -0.25) is 4.79 Å². The van der Waals surface area contributed by atoms with Crippen LogP contribution >= 0.6 is 11.6 Å². The van der Waals surface area contributed by atoms with Crippen LogP contribution in [0.25, 0.3) is 0 Å². The number of carbonyl (C=O) groups excluding carboxylic acids is 2. The van der Waals surface area contributed by atoms with Crippen molar-refractivity contribution in [2.24, 2.45) is 5.92 Å². The quantitative estimate of drug-likeness (QED) is 0.607. The normalized spacial score (nSPS) is 15.3. The summed E-state index contributed by atoms with van der Waals surface area (Å²) in [6.07, 6.45) is 0.856. The highest BCUT2D eigenvalue weighted by molar-refractivity contribution is 7.88. The summed E-state index contributed by atoms with van der Waals surface area (Å²) >= 11 is 5.96. The molecule has 1 heterocycles. The highest BCUT2D eigenvalue weighted by Gasteiger charge is 2.31. The molecule has 0 unspecified atom stereocenters. The van der Waals surface area contributed by atoms with Crippen molar-refractivity contribution in [1.82, 2.24) is 4.31 Å². The van der Waals surface area contributed by atoms with Crippen molar-refractivity contribution in [3.05, 3.63) is 64.2 Å². The average molecular weight is 479 g/mol. The van der Waals surface area contributed by atoms with Gasteiger partial charge in [-0.15, -0.1) is 0 Å². The number of esters is 1. The Morgan fingerprint density at radius 1 is 1.16 bits per heavy atom. The maximum Gasteiger partial charge on any atom is 0.338 e. The van der Waals surface area contributed by atoms with Gasteiger partial charge in [-0.2, -0.15) is 0 Å². The Balaban J connectivity index is 1.60. The first-order valence-electron chi connectivity index (χ1n) is 10.5. The number of anilines is 1. The first-order valence-corrected chi connectivity index (χ1v) is 12.5. The second-order valence-corrected chi connectivity index (χ2v) is 10.2. The molecule has 1 saturated heterocycles. The Bertz CT molecular complexity index is 1100. The smallest absolute Gasteiger partial charge is 0.338 e. The molecule has 1 aliphatic rings. The molecule has 1 fully saturated rings. The predicted octanol–water partition coefficient (Wildman–Crippen LogP) is 4.01. The first-order chi connectivity index (χ1) is 15.2. The van der Waals surface area contributed by atoms with Gasteiger partial charge in [-0.25, -0.2) is 17.5 Å². The van der Waals surface area contributed by atoms with E-state index < -0.39 is 16.0 Å². The van der Waals surface area contributed by atoms with Crippen LogP contribution < -0.4 is 5.32 Å². The topological polar surface area (TPSA) is 92.8 Å². The molecule has 0 bridgehead atoms. The lowest BCUT2D eigenvalue weighted by atomic mass is 9.96. The van der Waals surface area contributed by atoms with E-state index in [2.05, 4.69) is 5.32 Å². The number of carbonyl (C=O) groups is 2. The average Bonchev–Trinajstić information content (AvgIpc) is 2.75. The maximum atomic E-state index is 12.8. The second kappa shape index (κ2) is 10.5. The van der Waals surface area contributed by atoms with Crippen molar-refractivity contribution in [2.75, 3.05) is 25.0 Å².